The number of rotatable bonds is 5. The molecule has 0 atom stereocenters. The molecular formula is C13H16BrClN2O2. The van der Waals surface area contributed by atoms with E-state index in [1.807, 2.05) is 12.1 Å². The Labute approximate surface area is 125 Å². The van der Waals surface area contributed by atoms with Crippen molar-refractivity contribution < 1.29 is 9.90 Å². The predicted octanol–water partition coefficient (Wildman–Crippen LogP) is 2.77. The first-order chi connectivity index (χ1) is 9.11. The molecule has 104 valence electrons. The van der Waals surface area contributed by atoms with Gasteiger partial charge in [-0.1, -0.05) is 33.6 Å². The molecule has 19 heavy (non-hydrogen) atoms. The van der Waals surface area contributed by atoms with Gasteiger partial charge in [0.05, 0.1) is 6.61 Å². The molecule has 0 heterocycles. The number of halogens is 2. The van der Waals surface area contributed by atoms with Gasteiger partial charge in [-0.15, -0.1) is 0 Å². The van der Waals surface area contributed by atoms with E-state index in [4.69, 9.17) is 16.7 Å². The number of amides is 2. The maximum Gasteiger partial charge on any atom is 0.317 e. The highest BCUT2D eigenvalue weighted by molar-refractivity contribution is 9.10. The van der Waals surface area contributed by atoms with E-state index >= 15 is 0 Å². The van der Waals surface area contributed by atoms with Gasteiger partial charge in [0.15, 0.2) is 0 Å². The van der Waals surface area contributed by atoms with Crippen molar-refractivity contribution in [1.29, 1.82) is 0 Å². The Balaban J connectivity index is 1.91. The zero-order valence-corrected chi connectivity index (χ0v) is 12.7. The van der Waals surface area contributed by atoms with Gasteiger partial charge in [0.25, 0.3) is 0 Å². The molecule has 2 rings (SSSR count). The van der Waals surface area contributed by atoms with Crippen LogP contribution < -0.4 is 5.32 Å². The highest BCUT2D eigenvalue weighted by Gasteiger charge is 2.31. The largest absolute Gasteiger partial charge is 0.395 e. The normalized spacial score (nSPS) is 14.3. The lowest BCUT2D eigenvalue weighted by Gasteiger charge is -2.22. The number of nitrogens with one attached hydrogen (secondary N) is 1. The third kappa shape index (κ3) is 4.09. The van der Waals surface area contributed by atoms with Crippen molar-refractivity contribution in [3.05, 3.63) is 33.3 Å². The summed E-state index contributed by atoms with van der Waals surface area (Å²) in [5.41, 5.74) is 0.873. The number of urea groups is 1. The second-order valence-corrected chi connectivity index (χ2v) is 5.87. The van der Waals surface area contributed by atoms with Crippen molar-refractivity contribution in [2.75, 3.05) is 13.2 Å². The van der Waals surface area contributed by atoms with Gasteiger partial charge in [-0.25, -0.2) is 4.79 Å². The summed E-state index contributed by atoms with van der Waals surface area (Å²) in [6.45, 7) is 0.757. The average molecular weight is 348 g/mol. The van der Waals surface area contributed by atoms with Gasteiger partial charge in [-0.3, -0.25) is 0 Å². The van der Waals surface area contributed by atoms with Gasteiger partial charge >= 0.3 is 6.03 Å². The van der Waals surface area contributed by atoms with E-state index in [9.17, 15) is 4.79 Å². The molecule has 0 bridgehead atoms. The predicted molar refractivity (Wildman–Crippen MR) is 78.2 cm³/mol. The average Bonchev–Trinajstić information content (AvgIpc) is 3.18. The quantitative estimate of drug-likeness (QED) is 0.860. The molecule has 1 aromatic carbocycles. The molecule has 4 nitrogen and oxygen atoms in total. The summed E-state index contributed by atoms with van der Waals surface area (Å²) in [6.07, 6.45) is 2.04. The molecule has 1 saturated carbocycles. The zero-order chi connectivity index (χ0) is 13.8. The summed E-state index contributed by atoms with van der Waals surface area (Å²) in [5, 5.41) is 12.4. The van der Waals surface area contributed by atoms with Gasteiger partial charge in [-0.2, -0.15) is 0 Å². The highest BCUT2D eigenvalue weighted by Crippen LogP contribution is 2.26. The summed E-state index contributed by atoms with van der Waals surface area (Å²) < 4.78 is 0.910. The Morgan fingerprint density at radius 2 is 2.26 bits per heavy atom. The van der Waals surface area contributed by atoms with Crippen LogP contribution in [0.15, 0.2) is 22.7 Å². The molecule has 2 amide bonds. The minimum absolute atomic E-state index is 0.0110. The molecule has 2 N–H and O–H groups in total. The lowest BCUT2D eigenvalue weighted by atomic mass is 10.2. The van der Waals surface area contributed by atoms with Crippen LogP contribution in [0, 0.1) is 0 Å². The molecule has 0 spiro atoms. The minimum Gasteiger partial charge on any atom is -0.395 e. The number of aliphatic hydroxyl groups excluding tert-OH is 1. The Bertz CT molecular complexity index is 466. The fourth-order valence-corrected chi connectivity index (χ4v) is 2.62. The number of carbonyl (C=O) groups is 1. The first-order valence-corrected chi connectivity index (χ1v) is 7.38. The number of aliphatic hydroxyl groups is 1. The number of benzene rings is 1. The molecule has 1 aliphatic carbocycles. The van der Waals surface area contributed by atoms with E-state index in [-0.39, 0.29) is 18.7 Å². The molecule has 1 aromatic rings. The van der Waals surface area contributed by atoms with Crippen LogP contribution in [-0.2, 0) is 6.54 Å². The monoisotopic (exact) mass is 346 g/mol. The van der Waals surface area contributed by atoms with Crippen LogP contribution in [0.25, 0.3) is 0 Å². The Kier molecular flexibility index (Phi) is 5.07. The van der Waals surface area contributed by atoms with Gasteiger partial charge in [0.1, 0.15) is 0 Å². The van der Waals surface area contributed by atoms with E-state index in [2.05, 4.69) is 21.2 Å². The molecule has 1 fully saturated rings. The molecule has 0 radical (unpaired) electrons. The van der Waals surface area contributed by atoms with E-state index in [1.165, 1.54) is 0 Å². The van der Waals surface area contributed by atoms with Crippen LogP contribution in [0.3, 0.4) is 0 Å². The molecule has 1 aliphatic rings. The van der Waals surface area contributed by atoms with Crippen LogP contribution in [0.4, 0.5) is 4.79 Å². The van der Waals surface area contributed by atoms with Crippen LogP contribution in [-0.4, -0.2) is 35.2 Å². The summed E-state index contributed by atoms with van der Waals surface area (Å²) in [6, 6.07) is 5.71. The van der Waals surface area contributed by atoms with Crippen molar-refractivity contribution in [2.24, 2.45) is 0 Å². The fourth-order valence-electron chi connectivity index (χ4n) is 1.88. The summed E-state index contributed by atoms with van der Waals surface area (Å²) in [4.78, 5) is 13.7. The highest BCUT2D eigenvalue weighted by atomic mass is 79.9. The van der Waals surface area contributed by atoms with E-state index < -0.39 is 0 Å². The topological polar surface area (TPSA) is 52.6 Å². The third-order valence-corrected chi connectivity index (χ3v) is 3.88. The Hall–Kier alpha value is -0.780. The van der Waals surface area contributed by atoms with Crippen molar-refractivity contribution in [2.45, 2.75) is 25.4 Å². The van der Waals surface area contributed by atoms with Crippen molar-refractivity contribution in [3.63, 3.8) is 0 Å². The first-order valence-electron chi connectivity index (χ1n) is 6.21. The smallest absolute Gasteiger partial charge is 0.317 e. The van der Waals surface area contributed by atoms with E-state index in [1.54, 1.807) is 11.0 Å². The molecule has 0 aromatic heterocycles. The van der Waals surface area contributed by atoms with E-state index in [0.29, 0.717) is 18.1 Å². The number of hydrogen-bond donors (Lipinski definition) is 2. The maximum atomic E-state index is 12.0. The Morgan fingerprint density at radius 1 is 1.53 bits per heavy atom. The van der Waals surface area contributed by atoms with Gasteiger partial charge in [-0.05, 0) is 30.5 Å². The van der Waals surface area contributed by atoms with Crippen LogP contribution >= 0.6 is 27.5 Å². The molecule has 0 saturated heterocycles. The van der Waals surface area contributed by atoms with Crippen molar-refractivity contribution in [3.8, 4) is 0 Å². The third-order valence-electron chi connectivity index (χ3n) is 3.03. The van der Waals surface area contributed by atoms with Crippen LogP contribution in [0.5, 0.6) is 0 Å². The lowest BCUT2D eigenvalue weighted by Crippen LogP contribution is -2.42. The van der Waals surface area contributed by atoms with Gasteiger partial charge in [0, 0.05) is 28.6 Å². The zero-order valence-electron chi connectivity index (χ0n) is 10.4. The maximum absolute atomic E-state index is 12.0. The van der Waals surface area contributed by atoms with Gasteiger partial charge < -0.3 is 15.3 Å². The van der Waals surface area contributed by atoms with E-state index in [0.717, 1.165) is 22.9 Å². The lowest BCUT2D eigenvalue weighted by molar-refractivity contribution is 0.173. The molecule has 6 heteroatoms. The van der Waals surface area contributed by atoms with Crippen molar-refractivity contribution in [1.82, 2.24) is 10.2 Å². The number of hydrogen-bond acceptors (Lipinski definition) is 2. The van der Waals surface area contributed by atoms with Gasteiger partial charge in [0.2, 0.25) is 0 Å². The Morgan fingerprint density at radius 3 is 2.84 bits per heavy atom. The number of carbonyl (C=O) groups excluding carboxylic acids is 1. The minimum atomic E-state index is -0.143. The second-order valence-electron chi connectivity index (χ2n) is 4.54. The summed E-state index contributed by atoms with van der Waals surface area (Å²) >= 11 is 9.43. The fraction of sp³-hybridized carbons (Fsp3) is 0.462. The number of nitrogens with zero attached hydrogens (tertiary/aromatic N) is 1. The first kappa shape index (κ1) is 14.6. The van der Waals surface area contributed by atoms with Crippen molar-refractivity contribution >= 4 is 33.6 Å². The summed E-state index contributed by atoms with van der Waals surface area (Å²) in [5.74, 6) is 0. The SMILES string of the molecule is O=C(NCc1ccc(Br)cc1Cl)N(CCO)C1CC1. The second kappa shape index (κ2) is 6.59. The standard InChI is InChI=1S/C13H16BrClN2O2/c14-10-2-1-9(12(15)7-10)8-16-13(19)17(5-6-18)11-3-4-11/h1-2,7,11,18H,3-6,8H2,(H,16,19). The molecular weight excluding hydrogens is 332 g/mol. The molecule has 0 unspecified atom stereocenters. The van der Waals surface area contributed by atoms with Crippen LogP contribution in [0.2, 0.25) is 5.02 Å². The molecule has 0 aliphatic heterocycles. The summed E-state index contributed by atoms with van der Waals surface area (Å²) in [7, 11) is 0. The van der Waals surface area contributed by atoms with Crippen LogP contribution in [0.1, 0.15) is 18.4 Å².